The number of rotatable bonds is 5. The fourth-order valence-corrected chi connectivity index (χ4v) is 4.07. The lowest BCUT2D eigenvalue weighted by atomic mass is 10.2. The molecule has 4 aromatic rings. The van der Waals surface area contributed by atoms with Gasteiger partial charge >= 0.3 is 6.09 Å². The van der Waals surface area contributed by atoms with Gasteiger partial charge < -0.3 is 19.7 Å². The minimum Gasteiger partial charge on any atom is -0.488 e. The number of likely N-dealkylation sites (tertiary alicyclic amines) is 1. The van der Waals surface area contributed by atoms with E-state index < -0.39 is 5.60 Å². The van der Waals surface area contributed by atoms with Crippen LogP contribution in [-0.4, -0.2) is 59.9 Å². The van der Waals surface area contributed by atoms with E-state index in [-0.39, 0.29) is 12.2 Å². The van der Waals surface area contributed by atoms with Crippen molar-refractivity contribution >= 4 is 23.2 Å². The quantitative estimate of drug-likeness (QED) is 0.460. The Hall–Kier alpha value is -4.08. The molecule has 3 aromatic heterocycles. The van der Waals surface area contributed by atoms with E-state index in [1.807, 2.05) is 81.3 Å². The van der Waals surface area contributed by atoms with E-state index in [1.165, 1.54) is 0 Å². The molecule has 0 saturated carbocycles. The third-order valence-electron chi connectivity index (χ3n) is 5.62. The molecule has 0 radical (unpaired) electrons. The van der Waals surface area contributed by atoms with Gasteiger partial charge in [0.15, 0.2) is 11.5 Å². The minimum absolute atomic E-state index is 0.0892. The molecule has 1 atom stereocenters. The Bertz CT molecular complexity index is 1350. The lowest BCUT2D eigenvalue weighted by molar-refractivity contribution is 0.0275. The number of amides is 1. The summed E-state index contributed by atoms with van der Waals surface area (Å²) in [5.74, 6) is 1.36. The number of carbonyl (C=O) groups is 1. The molecule has 182 valence electrons. The molecule has 10 heteroatoms. The van der Waals surface area contributed by atoms with E-state index in [0.717, 1.165) is 29.1 Å². The number of nitrogens with zero attached hydrogens (tertiary/aromatic N) is 6. The molecule has 1 aromatic carbocycles. The summed E-state index contributed by atoms with van der Waals surface area (Å²) < 4.78 is 15.4. The highest BCUT2D eigenvalue weighted by atomic mass is 16.6. The second kappa shape index (κ2) is 8.94. The van der Waals surface area contributed by atoms with Crippen LogP contribution in [0.5, 0.6) is 5.75 Å². The number of imidazole rings is 1. The van der Waals surface area contributed by atoms with Crippen molar-refractivity contribution in [1.29, 1.82) is 0 Å². The first-order chi connectivity index (χ1) is 16.7. The van der Waals surface area contributed by atoms with Crippen molar-refractivity contribution < 1.29 is 14.3 Å². The zero-order valence-electron chi connectivity index (χ0n) is 20.3. The van der Waals surface area contributed by atoms with E-state index in [1.54, 1.807) is 15.8 Å². The van der Waals surface area contributed by atoms with Gasteiger partial charge in [-0.15, -0.1) is 0 Å². The van der Waals surface area contributed by atoms with Gasteiger partial charge in [-0.3, -0.25) is 9.08 Å². The van der Waals surface area contributed by atoms with Crippen LogP contribution in [0.15, 0.2) is 55.2 Å². The van der Waals surface area contributed by atoms with Crippen molar-refractivity contribution in [3.63, 3.8) is 0 Å². The third kappa shape index (κ3) is 5.06. The van der Waals surface area contributed by atoms with Gasteiger partial charge in [-0.25, -0.2) is 14.8 Å². The predicted molar refractivity (Wildman–Crippen MR) is 132 cm³/mol. The zero-order valence-corrected chi connectivity index (χ0v) is 20.3. The van der Waals surface area contributed by atoms with Gasteiger partial charge in [0.1, 0.15) is 17.5 Å². The molecule has 5 rings (SSSR count). The second-order valence-electron chi connectivity index (χ2n) is 9.62. The lowest BCUT2D eigenvalue weighted by Crippen LogP contribution is -2.36. The van der Waals surface area contributed by atoms with Crippen molar-refractivity contribution in [1.82, 2.24) is 29.0 Å². The SMILES string of the molecule is Cn1cc(-c2cnc3c(Nc4cccc(OC5CCN(C(=O)OC(C)(C)C)C5)c4)nccn23)cn1. The van der Waals surface area contributed by atoms with Gasteiger partial charge in [0.2, 0.25) is 0 Å². The standard InChI is InChI=1S/C25H29N7O3/c1-25(2,3)35-24(33)31-10-8-20(16-31)34-19-7-5-6-18(12-19)29-22-23-27-14-21(32(23)11-9-26-22)17-13-28-30(4)15-17/h5-7,9,11-15,20H,8,10,16H2,1-4H3,(H,26,29). The minimum atomic E-state index is -0.513. The van der Waals surface area contributed by atoms with Crippen LogP contribution >= 0.6 is 0 Å². The van der Waals surface area contributed by atoms with Crippen molar-refractivity contribution in [3.05, 3.63) is 55.2 Å². The molecule has 35 heavy (non-hydrogen) atoms. The average Bonchev–Trinajstić information content (AvgIpc) is 3.53. The highest BCUT2D eigenvalue weighted by molar-refractivity contribution is 5.74. The predicted octanol–water partition coefficient (Wildman–Crippen LogP) is 4.26. The Kier molecular flexibility index (Phi) is 5.80. The van der Waals surface area contributed by atoms with E-state index in [4.69, 9.17) is 9.47 Å². The maximum atomic E-state index is 12.3. The Labute approximate surface area is 203 Å². The highest BCUT2D eigenvalue weighted by Gasteiger charge is 2.30. The molecule has 1 aliphatic heterocycles. The first-order valence-electron chi connectivity index (χ1n) is 11.6. The molecule has 0 aliphatic carbocycles. The van der Waals surface area contributed by atoms with Crippen LogP contribution in [-0.2, 0) is 11.8 Å². The average molecular weight is 476 g/mol. The summed E-state index contributed by atoms with van der Waals surface area (Å²) in [6, 6.07) is 7.70. The van der Waals surface area contributed by atoms with Gasteiger partial charge in [0.25, 0.3) is 0 Å². The fourth-order valence-electron chi connectivity index (χ4n) is 4.07. The number of fused-ring (bicyclic) bond motifs is 1. The molecule has 1 saturated heterocycles. The summed E-state index contributed by atoms with van der Waals surface area (Å²) in [6.07, 6.45) is 9.55. The molecule has 0 spiro atoms. The number of aromatic nitrogens is 5. The second-order valence-corrected chi connectivity index (χ2v) is 9.62. The molecule has 1 unspecified atom stereocenters. The Balaban J connectivity index is 1.28. The van der Waals surface area contributed by atoms with Crippen molar-refractivity contribution in [3.8, 4) is 17.0 Å². The number of ether oxygens (including phenoxy) is 2. The van der Waals surface area contributed by atoms with E-state index in [0.29, 0.717) is 24.6 Å². The molecule has 1 fully saturated rings. The zero-order chi connectivity index (χ0) is 24.6. The van der Waals surface area contributed by atoms with Crippen LogP contribution in [0.3, 0.4) is 0 Å². The molecule has 10 nitrogen and oxygen atoms in total. The molecule has 1 amide bonds. The number of nitrogens with one attached hydrogen (secondary N) is 1. The van der Waals surface area contributed by atoms with Crippen LogP contribution in [0.1, 0.15) is 27.2 Å². The van der Waals surface area contributed by atoms with E-state index in [2.05, 4.69) is 20.4 Å². The first-order valence-corrected chi connectivity index (χ1v) is 11.6. The van der Waals surface area contributed by atoms with Gasteiger partial charge in [-0.2, -0.15) is 5.10 Å². The number of aryl methyl sites for hydroxylation is 1. The van der Waals surface area contributed by atoms with Gasteiger partial charge in [0, 0.05) is 55.9 Å². The number of hydrogen-bond donors (Lipinski definition) is 1. The summed E-state index contributed by atoms with van der Waals surface area (Å²) >= 11 is 0. The van der Waals surface area contributed by atoms with Crippen LogP contribution in [0, 0.1) is 0 Å². The Morgan fingerprint density at radius 1 is 1.20 bits per heavy atom. The van der Waals surface area contributed by atoms with Crippen LogP contribution < -0.4 is 10.1 Å². The number of carbonyl (C=O) groups excluding carboxylic acids is 1. The molecule has 4 heterocycles. The van der Waals surface area contributed by atoms with Gasteiger partial charge in [-0.1, -0.05) is 6.07 Å². The maximum absolute atomic E-state index is 12.3. The third-order valence-corrected chi connectivity index (χ3v) is 5.62. The van der Waals surface area contributed by atoms with Crippen molar-refractivity contribution in [2.75, 3.05) is 18.4 Å². The van der Waals surface area contributed by atoms with E-state index in [9.17, 15) is 4.79 Å². The van der Waals surface area contributed by atoms with Crippen molar-refractivity contribution in [2.24, 2.45) is 7.05 Å². The summed E-state index contributed by atoms with van der Waals surface area (Å²) in [7, 11) is 1.89. The molecule has 0 bridgehead atoms. The normalized spacial score (nSPS) is 16.0. The van der Waals surface area contributed by atoms with Crippen LogP contribution in [0.4, 0.5) is 16.3 Å². The lowest BCUT2D eigenvalue weighted by Gasteiger charge is -2.24. The Morgan fingerprint density at radius 3 is 2.83 bits per heavy atom. The maximum Gasteiger partial charge on any atom is 0.410 e. The van der Waals surface area contributed by atoms with Crippen LogP contribution in [0.25, 0.3) is 16.9 Å². The topological polar surface area (TPSA) is 98.8 Å². The van der Waals surface area contributed by atoms with Crippen LogP contribution in [0.2, 0.25) is 0 Å². The summed E-state index contributed by atoms with van der Waals surface area (Å²) in [5.41, 5.74) is 2.94. The number of benzene rings is 1. The fraction of sp³-hybridized carbons (Fsp3) is 0.360. The summed E-state index contributed by atoms with van der Waals surface area (Å²) in [4.78, 5) is 23.1. The number of hydrogen-bond acceptors (Lipinski definition) is 7. The molecule has 1 N–H and O–H groups in total. The van der Waals surface area contributed by atoms with Crippen molar-refractivity contribution in [2.45, 2.75) is 38.9 Å². The van der Waals surface area contributed by atoms with E-state index >= 15 is 0 Å². The summed E-state index contributed by atoms with van der Waals surface area (Å²) in [6.45, 7) is 6.71. The van der Waals surface area contributed by atoms with Gasteiger partial charge in [0.05, 0.1) is 24.6 Å². The smallest absolute Gasteiger partial charge is 0.410 e. The summed E-state index contributed by atoms with van der Waals surface area (Å²) in [5, 5.41) is 7.61. The number of anilines is 2. The monoisotopic (exact) mass is 475 g/mol. The first kappa shape index (κ1) is 22.7. The Morgan fingerprint density at radius 2 is 2.06 bits per heavy atom. The molecular formula is C25H29N7O3. The highest BCUT2D eigenvalue weighted by Crippen LogP contribution is 2.27. The molecular weight excluding hydrogens is 446 g/mol. The largest absolute Gasteiger partial charge is 0.488 e. The molecule has 1 aliphatic rings. The van der Waals surface area contributed by atoms with Gasteiger partial charge in [-0.05, 0) is 32.9 Å².